The van der Waals surface area contributed by atoms with Crippen LogP contribution in [0, 0.1) is 0 Å². The van der Waals surface area contributed by atoms with E-state index in [2.05, 4.69) is 21.0 Å². The van der Waals surface area contributed by atoms with Crippen LogP contribution in [0.15, 0.2) is 44.7 Å². The molecule has 0 fully saturated rings. The van der Waals surface area contributed by atoms with Gasteiger partial charge in [-0.2, -0.15) is 9.78 Å². The molecule has 0 saturated carbocycles. The van der Waals surface area contributed by atoms with Crippen LogP contribution >= 0.6 is 27.5 Å². The number of methoxy groups -OCH3 is 1. The van der Waals surface area contributed by atoms with Crippen molar-refractivity contribution in [3.8, 4) is 11.5 Å². The number of benzene rings is 2. The van der Waals surface area contributed by atoms with Crippen molar-refractivity contribution < 1.29 is 9.47 Å². The van der Waals surface area contributed by atoms with Crippen molar-refractivity contribution >= 4 is 44.6 Å². The molecule has 1 aromatic heterocycles. The molecule has 1 atom stereocenters. The molecule has 0 saturated heterocycles. The maximum atomic E-state index is 13.2. The highest BCUT2D eigenvalue weighted by Gasteiger charge is 2.16. The first kappa shape index (κ1) is 22.3. The van der Waals surface area contributed by atoms with Gasteiger partial charge in [-0.05, 0) is 49.2 Å². The summed E-state index contributed by atoms with van der Waals surface area (Å²) in [5.41, 5.74) is 1.11. The fourth-order valence-electron chi connectivity index (χ4n) is 3.03. The second-order valence-electron chi connectivity index (χ2n) is 6.77. The summed E-state index contributed by atoms with van der Waals surface area (Å²) in [6, 6.07) is 8.95. The lowest BCUT2D eigenvalue weighted by Gasteiger charge is -2.14. The number of hydrogen-bond acceptors (Lipinski definition) is 5. The molecule has 0 N–H and O–H groups in total. The zero-order chi connectivity index (χ0) is 21.8. The minimum absolute atomic E-state index is 0.0568. The van der Waals surface area contributed by atoms with Gasteiger partial charge in [0.05, 0.1) is 35.9 Å². The van der Waals surface area contributed by atoms with E-state index in [1.165, 1.54) is 11.8 Å². The summed E-state index contributed by atoms with van der Waals surface area (Å²) < 4.78 is 13.1. The normalized spacial score (nSPS) is 12.5. The van der Waals surface area contributed by atoms with E-state index >= 15 is 0 Å². The van der Waals surface area contributed by atoms with E-state index in [-0.39, 0.29) is 11.5 Å². The van der Waals surface area contributed by atoms with Gasteiger partial charge in [0, 0.05) is 10.4 Å². The third kappa shape index (κ3) is 4.52. The van der Waals surface area contributed by atoms with Gasteiger partial charge in [0.1, 0.15) is 5.82 Å². The van der Waals surface area contributed by atoms with Crippen molar-refractivity contribution in [2.45, 2.75) is 33.1 Å². The molecule has 0 bridgehead atoms. The van der Waals surface area contributed by atoms with E-state index in [4.69, 9.17) is 26.1 Å². The van der Waals surface area contributed by atoms with Gasteiger partial charge in [0.25, 0.3) is 5.56 Å². The number of fused-ring (bicyclic) bond motifs is 1. The van der Waals surface area contributed by atoms with Crippen molar-refractivity contribution in [2.75, 3.05) is 13.7 Å². The van der Waals surface area contributed by atoms with E-state index in [0.717, 1.165) is 10.9 Å². The minimum Gasteiger partial charge on any atom is -0.491 e. The van der Waals surface area contributed by atoms with Crippen LogP contribution in [0.5, 0.6) is 11.5 Å². The van der Waals surface area contributed by atoms with Crippen LogP contribution in [0.1, 0.15) is 44.5 Å². The number of nitrogens with zero attached hydrogens (tertiary/aromatic N) is 3. The predicted octanol–water partition coefficient (Wildman–Crippen LogP) is 5.62. The Kier molecular flexibility index (Phi) is 7.15. The van der Waals surface area contributed by atoms with Crippen molar-refractivity contribution in [3.63, 3.8) is 0 Å². The predicted molar refractivity (Wildman–Crippen MR) is 125 cm³/mol. The molecule has 0 aliphatic heterocycles. The Bertz CT molecular complexity index is 1160. The molecule has 8 heteroatoms. The van der Waals surface area contributed by atoms with Gasteiger partial charge in [0.15, 0.2) is 11.5 Å². The van der Waals surface area contributed by atoms with E-state index in [0.29, 0.717) is 45.4 Å². The first-order chi connectivity index (χ1) is 14.4. The Morgan fingerprint density at radius 2 is 2.07 bits per heavy atom. The molecule has 0 spiro atoms. The Morgan fingerprint density at radius 3 is 2.73 bits per heavy atom. The Hall–Kier alpha value is -2.38. The fourth-order valence-corrected chi connectivity index (χ4v) is 3.68. The van der Waals surface area contributed by atoms with Crippen LogP contribution in [-0.2, 0) is 0 Å². The van der Waals surface area contributed by atoms with Gasteiger partial charge < -0.3 is 9.47 Å². The van der Waals surface area contributed by atoms with Gasteiger partial charge in [-0.25, -0.2) is 4.98 Å². The van der Waals surface area contributed by atoms with Gasteiger partial charge >= 0.3 is 0 Å². The lowest BCUT2D eigenvalue weighted by Crippen LogP contribution is -2.23. The maximum Gasteiger partial charge on any atom is 0.282 e. The highest BCUT2D eigenvalue weighted by atomic mass is 79.9. The van der Waals surface area contributed by atoms with Crippen LogP contribution in [0.25, 0.3) is 10.9 Å². The number of ether oxygens (including phenoxy) is 2. The first-order valence-corrected chi connectivity index (χ1v) is 10.8. The molecule has 30 heavy (non-hydrogen) atoms. The fraction of sp³-hybridized carbons (Fsp3) is 0.318. The molecule has 0 amide bonds. The van der Waals surface area contributed by atoms with Crippen molar-refractivity contribution in [1.29, 1.82) is 0 Å². The van der Waals surface area contributed by atoms with Crippen LogP contribution in [-0.4, -0.2) is 29.6 Å². The number of aromatic nitrogens is 2. The van der Waals surface area contributed by atoms with E-state index < -0.39 is 0 Å². The van der Waals surface area contributed by atoms with Crippen molar-refractivity contribution in [3.05, 3.63) is 61.6 Å². The highest BCUT2D eigenvalue weighted by Crippen LogP contribution is 2.36. The van der Waals surface area contributed by atoms with Crippen molar-refractivity contribution in [2.24, 2.45) is 5.10 Å². The topological polar surface area (TPSA) is 65.7 Å². The molecule has 0 aliphatic carbocycles. The summed E-state index contributed by atoms with van der Waals surface area (Å²) in [7, 11) is 1.54. The van der Waals surface area contributed by atoms with Crippen LogP contribution in [0.2, 0.25) is 5.02 Å². The van der Waals surface area contributed by atoms with E-state index in [9.17, 15) is 4.79 Å². The minimum atomic E-state index is -0.225. The average molecular weight is 493 g/mol. The molecular formula is C22H23BrClN3O3. The van der Waals surface area contributed by atoms with Gasteiger partial charge in [-0.15, -0.1) is 0 Å². The number of halogens is 2. The zero-order valence-corrected chi connectivity index (χ0v) is 19.6. The van der Waals surface area contributed by atoms with Gasteiger partial charge in [-0.1, -0.05) is 41.4 Å². The summed E-state index contributed by atoms with van der Waals surface area (Å²) in [6.07, 6.45) is 2.40. The average Bonchev–Trinajstić information content (AvgIpc) is 2.73. The largest absolute Gasteiger partial charge is 0.491 e. The van der Waals surface area contributed by atoms with E-state index in [1.807, 2.05) is 32.9 Å². The molecule has 0 aliphatic rings. The summed E-state index contributed by atoms with van der Waals surface area (Å²) in [6.45, 7) is 6.42. The second-order valence-corrected chi connectivity index (χ2v) is 8.09. The lowest BCUT2D eigenvalue weighted by atomic mass is 10.1. The third-order valence-electron chi connectivity index (χ3n) is 4.74. The summed E-state index contributed by atoms with van der Waals surface area (Å²) in [5.74, 6) is 1.65. The van der Waals surface area contributed by atoms with Gasteiger partial charge in [0.2, 0.25) is 0 Å². The first-order valence-electron chi connectivity index (χ1n) is 9.66. The van der Waals surface area contributed by atoms with Crippen LogP contribution in [0.3, 0.4) is 0 Å². The number of rotatable bonds is 7. The molecule has 158 valence electrons. The quantitative estimate of drug-likeness (QED) is 0.402. The zero-order valence-electron chi connectivity index (χ0n) is 17.3. The Morgan fingerprint density at radius 1 is 1.30 bits per heavy atom. The Balaban J connectivity index is 2.16. The van der Waals surface area contributed by atoms with Crippen LogP contribution in [0.4, 0.5) is 0 Å². The monoisotopic (exact) mass is 491 g/mol. The molecule has 2 aromatic carbocycles. The van der Waals surface area contributed by atoms with Crippen molar-refractivity contribution in [1.82, 2.24) is 9.66 Å². The molecule has 0 radical (unpaired) electrons. The highest BCUT2D eigenvalue weighted by molar-refractivity contribution is 9.10. The standard InChI is InChI=1S/C22H23BrClN3O3/c1-5-13(3)21-26-18-8-7-15(23)11-16(18)22(28)27(21)25-12-14-9-17(24)20(29-4)19(10-14)30-6-2/h7-13H,5-6H2,1-4H3/t13-/m1/s1. The lowest BCUT2D eigenvalue weighted by molar-refractivity contribution is 0.311. The SMILES string of the molecule is CCOc1cc(C=Nn2c([C@H](C)CC)nc3ccc(Br)cc3c2=O)cc(Cl)c1OC. The third-order valence-corrected chi connectivity index (χ3v) is 5.52. The van der Waals surface area contributed by atoms with Crippen LogP contribution < -0.4 is 15.0 Å². The van der Waals surface area contributed by atoms with E-state index in [1.54, 1.807) is 24.4 Å². The molecule has 1 heterocycles. The summed E-state index contributed by atoms with van der Waals surface area (Å²) in [5, 5.41) is 5.37. The molecular weight excluding hydrogens is 470 g/mol. The Labute approximate surface area is 188 Å². The number of hydrogen-bond donors (Lipinski definition) is 0. The molecule has 6 nitrogen and oxygen atoms in total. The molecule has 0 unspecified atom stereocenters. The smallest absolute Gasteiger partial charge is 0.282 e. The molecule has 3 rings (SSSR count). The summed E-state index contributed by atoms with van der Waals surface area (Å²) in [4.78, 5) is 17.9. The van der Waals surface area contributed by atoms with Gasteiger partial charge in [-0.3, -0.25) is 4.79 Å². The summed E-state index contributed by atoms with van der Waals surface area (Å²) >= 11 is 9.75. The molecule has 3 aromatic rings. The second kappa shape index (κ2) is 9.62. The maximum absolute atomic E-state index is 13.2.